The zero-order valence-corrected chi connectivity index (χ0v) is 6.75. The van der Waals surface area contributed by atoms with Crippen molar-refractivity contribution in [3.63, 3.8) is 0 Å². The molecular weight excluding hydrogens is 234 g/mol. The summed E-state index contributed by atoms with van der Waals surface area (Å²) < 4.78 is 12.2. The van der Waals surface area contributed by atoms with Gasteiger partial charge in [0.25, 0.3) is 0 Å². The van der Waals surface area contributed by atoms with Crippen LogP contribution in [0, 0.1) is 0 Å². The average Bonchev–Trinajstić information content (AvgIpc) is 1.83. The minimum atomic E-state index is -0.340. The maximum absolute atomic E-state index is 12.5. The third-order valence-corrected chi connectivity index (χ3v) is 2.24. The number of hydrogen-bond acceptors (Lipinski definition) is 2. The maximum atomic E-state index is 12.5. The first kappa shape index (κ1) is 7.01. The Kier molecular flexibility index (Phi) is 2.07. The monoisotopic (exact) mass is 240 g/mol. The van der Waals surface area contributed by atoms with Crippen LogP contribution in [0.1, 0.15) is 0 Å². The number of nitrogens with zero attached hydrogens (tertiary/aromatic N) is 1. The first-order chi connectivity index (χ1) is 4.22. The van der Waals surface area contributed by atoms with Gasteiger partial charge in [-0.05, 0) is 34.7 Å². The van der Waals surface area contributed by atoms with Crippen molar-refractivity contribution < 1.29 is 4.39 Å². The van der Waals surface area contributed by atoms with E-state index in [1.807, 2.05) is 22.6 Å². The average molecular weight is 240 g/mol. The molecule has 1 aliphatic rings. The van der Waals surface area contributed by atoms with Gasteiger partial charge in [0.05, 0.1) is 0 Å². The van der Waals surface area contributed by atoms with Crippen molar-refractivity contribution in [2.45, 2.75) is 4.05 Å². The molecule has 1 unspecified atom stereocenters. The van der Waals surface area contributed by atoms with E-state index < -0.39 is 0 Å². The minimum Gasteiger partial charge on any atom is -0.299 e. The van der Waals surface area contributed by atoms with Crippen molar-refractivity contribution in [3.8, 4) is 0 Å². The molecule has 0 saturated heterocycles. The molecule has 2 nitrogen and oxygen atoms in total. The predicted octanol–water partition coefficient (Wildman–Crippen LogP) is 1.30. The van der Waals surface area contributed by atoms with Gasteiger partial charge in [-0.15, -0.1) is 0 Å². The van der Waals surface area contributed by atoms with Gasteiger partial charge in [-0.3, -0.25) is 5.01 Å². The highest BCUT2D eigenvalue weighted by Gasteiger charge is 2.15. The quantitative estimate of drug-likeness (QED) is 0.299. The third kappa shape index (κ3) is 1.42. The minimum absolute atomic E-state index is 0.208. The fraction of sp³-hybridized carbons (Fsp3) is 0.200. The molecule has 9 heavy (non-hydrogen) atoms. The van der Waals surface area contributed by atoms with E-state index in [9.17, 15) is 4.39 Å². The van der Waals surface area contributed by atoms with Crippen LogP contribution < -0.4 is 5.84 Å². The van der Waals surface area contributed by atoms with Gasteiger partial charge in [-0.25, -0.2) is 10.2 Å². The zero-order valence-electron chi connectivity index (χ0n) is 4.59. The molecule has 1 aliphatic heterocycles. The second kappa shape index (κ2) is 2.66. The van der Waals surface area contributed by atoms with Crippen LogP contribution in [0.2, 0.25) is 0 Å². The summed E-state index contributed by atoms with van der Waals surface area (Å²) in [7, 11) is 0. The van der Waals surface area contributed by atoms with Crippen LogP contribution in [0.4, 0.5) is 4.39 Å². The summed E-state index contributed by atoms with van der Waals surface area (Å²) in [5.74, 6) is 5.12. The summed E-state index contributed by atoms with van der Waals surface area (Å²) in [6.45, 7) is 0. The number of alkyl halides is 1. The Labute approximate surface area is 66.3 Å². The van der Waals surface area contributed by atoms with Gasteiger partial charge in [0.1, 0.15) is 9.88 Å². The van der Waals surface area contributed by atoms with Gasteiger partial charge in [0, 0.05) is 6.20 Å². The van der Waals surface area contributed by atoms with E-state index in [1.54, 1.807) is 12.3 Å². The van der Waals surface area contributed by atoms with Gasteiger partial charge in [0.2, 0.25) is 0 Å². The van der Waals surface area contributed by atoms with E-state index in [1.165, 1.54) is 11.1 Å². The summed E-state index contributed by atoms with van der Waals surface area (Å²) in [6, 6.07) is 0. The molecule has 0 fully saturated rings. The molecule has 1 atom stereocenters. The fourth-order valence-corrected chi connectivity index (χ4v) is 0.925. The van der Waals surface area contributed by atoms with Gasteiger partial charge in [-0.1, -0.05) is 0 Å². The molecule has 0 aliphatic carbocycles. The maximum Gasteiger partial charge on any atom is 0.147 e. The first-order valence-electron chi connectivity index (χ1n) is 2.43. The molecule has 4 heteroatoms. The van der Waals surface area contributed by atoms with Crippen molar-refractivity contribution >= 4 is 22.6 Å². The molecule has 0 aromatic heterocycles. The number of hydrogen-bond donors (Lipinski definition) is 1. The lowest BCUT2D eigenvalue weighted by Crippen LogP contribution is -2.33. The number of rotatable bonds is 0. The Bertz CT molecular complexity index is 166. The molecule has 50 valence electrons. The molecule has 0 bridgehead atoms. The highest BCUT2D eigenvalue weighted by atomic mass is 127. The van der Waals surface area contributed by atoms with E-state index in [0.717, 1.165) is 0 Å². The number of hydrazine groups is 1. The van der Waals surface area contributed by atoms with Crippen molar-refractivity contribution in [1.29, 1.82) is 0 Å². The zero-order chi connectivity index (χ0) is 6.85. The molecule has 0 saturated carbocycles. The summed E-state index contributed by atoms with van der Waals surface area (Å²) in [5, 5.41) is 1.32. The van der Waals surface area contributed by atoms with Gasteiger partial charge >= 0.3 is 0 Å². The van der Waals surface area contributed by atoms with Crippen LogP contribution in [0.15, 0.2) is 24.2 Å². The third-order valence-electron chi connectivity index (χ3n) is 1.00. The lowest BCUT2D eigenvalue weighted by Gasteiger charge is -2.21. The molecule has 2 N–H and O–H groups in total. The largest absolute Gasteiger partial charge is 0.299 e. The Morgan fingerprint density at radius 1 is 1.78 bits per heavy atom. The number of allylic oxidation sites excluding steroid dienone is 2. The Balaban J connectivity index is 2.73. The summed E-state index contributed by atoms with van der Waals surface area (Å²) in [5.41, 5.74) is 0. The smallest absolute Gasteiger partial charge is 0.147 e. The van der Waals surface area contributed by atoms with Crippen molar-refractivity contribution in [2.24, 2.45) is 5.84 Å². The van der Waals surface area contributed by atoms with Crippen LogP contribution in [-0.2, 0) is 0 Å². The van der Waals surface area contributed by atoms with E-state index >= 15 is 0 Å². The lowest BCUT2D eigenvalue weighted by atomic mass is 10.4. The number of halogens is 2. The molecule has 0 aromatic carbocycles. The topological polar surface area (TPSA) is 29.3 Å². The summed E-state index contributed by atoms with van der Waals surface area (Å²) in [4.78, 5) is 0. The molecular formula is C5H6FIN2. The van der Waals surface area contributed by atoms with E-state index in [-0.39, 0.29) is 9.88 Å². The summed E-state index contributed by atoms with van der Waals surface area (Å²) in [6.07, 6.45) is 4.60. The highest BCUT2D eigenvalue weighted by Crippen LogP contribution is 2.19. The number of nitrogens with two attached hydrogens (primary N) is 1. The molecule has 0 radical (unpaired) electrons. The van der Waals surface area contributed by atoms with E-state index in [0.29, 0.717) is 0 Å². The summed E-state index contributed by atoms with van der Waals surface area (Å²) >= 11 is 1.92. The van der Waals surface area contributed by atoms with Crippen molar-refractivity contribution in [2.75, 3.05) is 0 Å². The van der Waals surface area contributed by atoms with Gasteiger partial charge < -0.3 is 0 Å². The normalized spacial score (nSPS) is 26.3. The Morgan fingerprint density at radius 2 is 2.44 bits per heavy atom. The first-order valence-corrected chi connectivity index (χ1v) is 3.67. The molecule has 1 heterocycles. The van der Waals surface area contributed by atoms with E-state index in [2.05, 4.69) is 0 Å². The van der Waals surface area contributed by atoms with Gasteiger partial charge in [-0.2, -0.15) is 0 Å². The molecule has 0 aromatic rings. The fourth-order valence-electron chi connectivity index (χ4n) is 0.532. The van der Waals surface area contributed by atoms with Crippen LogP contribution in [-0.4, -0.2) is 9.06 Å². The Morgan fingerprint density at radius 3 is 2.89 bits per heavy atom. The standard InChI is InChI=1S/C5H6FIN2/c6-4-2-1-3-9(8)5(4)7/h1-3,5H,8H2. The van der Waals surface area contributed by atoms with E-state index in [4.69, 9.17) is 5.84 Å². The molecule has 1 rings (SSSR count). The van der Waals surface area contributed by atoms with Crippen LogP contribution in [0.3, 0.4) is 0 Å². The molecule has 0 spiro atoms. The Hall–Kier alpha value is -0.100. The van der Waals surface area contributed by atoms with Crippen LogP contribution >= 0.6 is 22.6 Å². The lowest BCUT2D eigenvalue weighted by molar-refractivity contribution is 0.366. The van der Waals surface area contributed by atoms with Crippen molar-refractivity contribution in [1.82, 2.24) is 5.01 Å². The second-order valence-electron chi connectivity index (χ2n) is 1.68. The highest BCUT2D eigenvalue weighted by molar-refractivity contribution is 14.1. The molecule has 0 amide bonds. The second-order valence-corrected chi connectivity index (χ2v) is 2.86. The van der Waals surface area contributed by atoms with Gasteiger partial charge in [0.15, 0.2) is 0 Å². The SMILES string of the molecule is NN1C=CC=C(F)C1I. The predicted molar refractivity (Wildman–Crippen MR) is 42.2 cm³/mol. The van der Waals surface area contributed by atoms with Crippen LogP contribution in [0.5, 0.6) is 0 Å². The van der Waals surface area contributed by atoms with Crippen molar-refractivity contribution in [3.05, 3.63) is 24.2 Å². The van der Waals surface area contributed by atoms with Crippen LogP contribution in [0.25, 0.3) is 0 Å².